The molecule has 1 amide bonds. The molecule has 0 unspecified atom stereocenters. The average Bonchev–Trinajstić information content (AvgIpc) is 3.32. The van der Waals surface area contributed by atoms with Crippen molar-refractivity contribution in [3.8, 4) is 17.6 Å². The summed E-state index contributed by atoms with van der Waals surface area (Å²) in [5.74, 6) is -0.567. The number of hydrogen-bond acceptors (Lipinski definition) is 8. The van der Waals surface area contributed by atoms with Gasteiger partial charge in [0.05, 0.1) is 12.0 Å². The summed E-state index contributed by atoms with van der Waals surface area (Å²) in [5, 5.41) is 20.6. The van der Waals surface area contributed by atoms with Crippen LogP contribution in [0.2, 0.25) is 0 Å². The number of ether oxygens (including phenoxy) is 1. The smallest absolute Gasteiger partial charge is 0.346 e. The second kappa shape index (κ2) is 9.49. The summed E-state index contributed by atoms with van der Waals surface area (Å²) in [5.41, 5.74) is -0.262. The van der Waals surface area contributed by atoms with E-state index in [0.29, 0.717) is 18.7 Å². The van der Waals surface area contributed by atoms with E-state index >= 15 is 0 Å². The molecule has 1 heterocycles. The number of likely N-dealkylation sites (tertiary alicyclic amines) is 1. The van der Waals surface area contributed by atoms with Crippen LogP contribution in [0.4, 0.5) is 5.69 Å². The van der Waals surface area contributed by atoms with E-state index in [9.17, 15) is 28.6 Å². The Bertz CT molecular complexity index is 1230. The van der Waals surface area contributed by atoms with Crippen LogP contribution >= 0.6 is 0 Å². The van der Waals surface area contributed by atoms with Gasteiger partial charge < -0.3 is 13.8 Å². The predicted molar refractivity (Wildman–Crippen MR) is 113 cm³/mol. The van der Waals surface area contributed by atoms with Crippen molar-refractivity contribution in [1.82, 2.24) is 4.90 Å². The Kier molecular flexibility index (Phi) is 6.75. The number of nitro benzene ring substituents is 1. The summed E-state index contributed by atoms with van der Waals surface area (Å²) in [6.07, 6.45) is 3.15. The average molecular weight is 457 g/mol. The van der Waals surface area contributed by atoms with Crippen molar-refractivity contribution >= 4 is 27.8 Å². The third-order valence-electron chi connectivity index (χ3n) is 4.77. The quantitative estimate of drug-likeness (QED) is 0.203. The molecule has 32 heavy (non-hydrogen) atoms. The Hall–Kier alpha value is -3.91. The lowest BCUT2D eigenvalue weighted by Gasteiger charge is -2.14. The molecule has 3 rings (SSSR count). The highest BCUT2D eigenvalue weighted by Gasteiger charge is 2.28. The van der Waals surface area contributed by atoms with Crippen LogP contribution in [0.25, 0.3) is 6.08 Å². The lowest BCUT2D eigenvalue weighted by atomic mass is 10.1. The summed E-state index contributed by atoms with van der Waals surface area (Å²) >= 11 is 0. The van der Waals surface area contributed by atoms with Crippen LogP contribution in [0.3, 0.4) is 0 Å². The molecule has 0 radical (unpaired) electrons. The Labute approximate surface area is 184 Å². The minimum Gasteiger partial charge on any atom is -0.493 e. The minimum atomic E-state index is -4.54. The molecular weight excluding hydrogens is 438 g/mol. The lowest BCUT2D eigenvalue weighted by molar-refractivity contribution is -0.387. The molecular formula is C21H19N3O7S. The molecule has 1 aliphatic rings. The van der Waals surface area contributed by atoms with Crippen LogP contribution in [-0.2, 0) is 14.9 Å². The highest BCUT2D eigenvalue weighted by Crippen LogP contribution is 2.33. The number of methoxy groups -OCH3 is 1. The molecule has 1 aliphatic heterocycles. The summed E-state index contributed by atoms with van der Waals surface area (Å²) in [7, 11) is -3.25. The van der Waals surface area contributed by atoms with E-state index in [1.807, 2.05) is 6.07 Å². The van der Waals surface area contributed by atoms with Crippen molar-refractivity contribution in [2.24, 2.45) is 0 Å². The van der Waals surface area contributed by atoms with Gasteiger partial charge in [0.2, 0.25) is 0 Å². The number of carbonyl (C=O) groups is 1. The van der Waals surface area contributed by atoms with Crippen LogP contribution in [0.5, 0.6) is 11.5 Å². The first kappa shape index (κ1) is 22.8. The number of benzene rings is 2. The standard InChI is InChI=1S/C21H19N3O7S/c1-30-19-13-15(12-16(14-22)21(25)23-10-4-5-11-23)8-9-18(19)31-32(28,29)20-7-3-2-6-17(20)24(26)27/h2-3,6-9,12-13H,4-5,10-11H2,1H3/b16-12+. The number of carbonyl (C=O) groups excluding carboxylic acids is 1. The van der Waals surface area contributed by atoms with Gasteiger partial charge in [0.1, 0.15) is 11.6 Å². The fraction of sp³-hybridized carbons (Fsp3) is 0.238. The summed E-state index contributed by atoms with van der Waals surface area (Å²) in [4.78, 5) is 23.8. The van der Waals surface area contributed by atoms with Crippen molar-refractivity contribution in [3.63, 3.8) is 0 Å². The van der Waals surface area contributed by atoms with E-state index in [1.54, 1.807) is 4.90 Å². The summed E-state index contributed by atoms with van der Waals surface area (Å²) in [6, 6.07) is 10.8. The molecule has 0 bridgehead atoms. The van der Waals surface area contributed by atoms with Gasteiger partial charge in [0.15, 0.2) is 16.4 Å². The van der Waals surface area contributed by atoms with Gasteiger partial charge in [-0.25, -0.2) is 0 Å². The molecule has 1 saturated heterocycles. The largest absolute Gasteiger partial charge is 0.493 e. The van der Waals surface area contributed by atoms with Gasteiger partial charge in [-0.3, -0.25) is 14.9 Å². The summed E-state index contributed by atoms with van der Waals surface area (Å²) in [6.45, 7) is 1.19. The zero-order valence-electron chi connectivity index (χ0n) is 17.1. The number of nitro groups is 1. The Balaban J connectivity index is 1.91. The van der Waals surface area contributed by atoms with Crippen molar-refractivity contribution in [2.45, 2.75) is 17.7 Å². The Morgan fingerprint density at radius 2 is 1.88 bits per heavy atom. The highest BCUT2D eigenvalue weighted by atomic mass is 32.2. The second-order valence-electron chi connectivity index (χ2n) is 6.84. The Morgan fingerprint density at radius 1 is 1.19 bits per heavy atom. The maximum absolute atomic E-state index is 12.7. The van der Waals surface area contributed by atoms with Gasteiger partial charge in [0.25, 0.3) is 11.6 Å². The SMILES string of the molecule is COc1cc(/C=C(\C#N)C(=O)N2CCCC2)ccc1OS(=O)(=O)c1ccccc1[N+](=O)[O-]. The van der Waals surface area contributed by atoms with E-state index in [-0.39, 0.29) is 23.0 Å². The number of hydrogen-bond donors (Lipinski definition) is 0. The van der Waals surface area contributed by atoms with Crippen molar-refractivity contribution in [3.05, 3.63) is 63.7 Å². The molecule has 0 N–H and O–H groups in total. The Morgan fingerprint density at radius 3 is 2.50 bits per heavy atom. The molecule has 0 aliphatic carbocycles. The van der Waals surface area contributed by atoms with E-state index in [1.165, 1.54) is 43.5 Å². The maximum Gasteiger partial charge on any atom is 0.346 e. The summed E-state index contributed by atoms with van der Waals surface area (Å²) < 4.78 is 35.6. The van der Waals surface area contributed by atoms with Crippen LogP contribution in [0.15, 0.2) is 52.9 Å². The number of amides is 1. The maximum atomic E-state index is 12.7. The van der Waals surface area contributed by atoms with Gasteiger partial charge in [-0.05, 0) is 42.7 Å². The van der Waals surface area contributed by atoms with E-state index < -0.39 is 25.6 Å². The fourth-order valence-corrected chi connectivity index (χ4v) is 4.33. The van der Waals surface area contributed by atoms with Crippen LogP contribution in [0, 0.1) is 21.4 Å². The van der Waals surface area contributed by atoms with Gasteiger partial charge in [0, 0.05) is 19.2 Å². The number of nitrogens with zero attached hydrogens (tertiary/aromatic N) is 3. The molecule has 10 nitrogen and oxygen atoms in total. The third-order valence-corrected chi connectivity index (χ3v) is 6.06. The molecule has 0 spiro atoms. The fourth-order valence-electron chi connectivity index (χ4n) is 3.22. The molecule has 0 atom stereocenters. The van der Waals surface area contributed by atoms with Crippen molar-refractivity contribution in [2.75, 3.05) is 20.2 Å². The van der Waals surface area contributed by atoms with E-state index in [0.717, 1.165) is 25.0 Å². The monoisotopic (exact) mass is 457 g/mol. The first-order valence-electron chi connectivity index (χ1n) is 9.54. The van der Waals surface area contributed by atoms with Gasteiger partial charge in [-0.15, -0.1) is 0 Å². The zero-order valence-corrected chi connectivity index (χ0v) is 17.9. The third kappa shape index (κ3) is 4.87. The van der Waals surface area contributed by atoms with E-state index in [2.05, 4.69) is 0 Å². The van der Waals surface area contributed by atoms with E-state index in [4.69, 9.17) is 8.92 Å². The molecule has 0 aromatic heterocycles. The minimum absolute atomic E-state index is 0.00632. The first-order valence-corrected chi connectivity index (χ1v) is 10.9. The van der Waals surface area contributed by atoms with Crippen molar-refractivity contribution < 1.29 is 27.1 Å². The molecule has 11 heteroatoms. The van der Waals surface area contributed by atoms with Gasteiger partial charge in [-0.2, -0.15) is 13.7 Å². The van der Waals surface area contributed by atoms with Gasteiger partial charge >= 0.3 is 10.1 Å². The van der Waals surface area contributed by atoms with Crippen LogP contribution in [0.1, 0.15) is 18.4 Å². The number of nitriles is 1. The topological polar surface area (TPSA) is 140 Å². The molecule has 1 fully saturated rings. The number of para-hydroxylation sites is 1. The normalized spacial score (nSPS) is 14.0. The molecule has 0 saturated carbocycles. The zero-order chi connectivity index (χ0) is 23.3. The molecule has 166 valence electrons. The van der Waals surface area contributed by atoms with Crippen LogP contribution < -0.4 is 8.92 Å². The highest BCUT2D eigenvalue weighted by molar-refractivity contribution is 7.87. The predicted octanol–water partition coefficient (Wildman–Crippen LogP) is 2.90. The first-order chi connectivity index (χ1) is 15.3. The second-order valence-corrected chi connectivity index (χ2v) is 8.36. The van der Waals surface area contributed by atoms with Crippen molar-refractivity contribution in [1.29, 1.82) is 5.26 Å². The van der Waals surface area contributed by atoms with Gasteiger partial charge in [-0.1, -0.05) is 18.2 Å². The van der Waals surface area contributed by atoms with Crippen LogP contribution in [-0.4, -0.2) is 44.3 Å². The molecule has 2 aromatic carbocycles. The number of rotatable bonds is 7. The molecule has 2 aromatic rings. The lowest BCUT2D eigenvalue weighted by Crippen LogP contribution is -2.28.